The number of hydrogen-bond donors (Lipinski definition) is 2. The molecule has 118 valence electrons. The Morgan fingerprint density at radius 2 is 1.82 bits per heavy atom. The van der Waals surface area contributed by atoms with Gasteiger partial charge in [-0.05, 0) is 24.5 Å². The van der Waals surface area contributed by atoms with Crippen molar-refractivity contribution in [2.24, 2.45) is 0 Å². The number of hydrogen-bond acceptors (Lipinski definition) is 2. The van der Waals surface area contributed by atoms with E-state index in [4.69, 9.17) is 0 Å². The van der Waals surface area contributed by atoms with Crippen molar-refractivity contribution in [2.45, 2.75) is 44.6 Å². The molecule has 4 nitrogen and oxygen atoms in total. The molecular formula is C18H24N2O2. The average Bonchev–Trinajstić information content (AvgIpc) is 2.55. The van der Waals surface area contributed by atoms with E-state index in [9.17, 15) is 9.59 Å². The molecule has 22 heavy (non-hydrogen) atoms. The van der Waals surface area contributed by atoms with Gasteiger partial charge in [0, 0.05) is 25.1 Å². The molecule has 2 rings (SSSR count). The van der Waals surface area contributed by atoms with Crippen molar-refractivity contribution < 1.29 is 9.59 Å². The molecule has 0 heterocycles. The van der Waals surface area contributed by atoms with Crippen LogP contribution in [0.2, 0.25) is 0 Å². The van der Waals surface area contributed by atoms with Crippen molar-refractivity contribution >= 4 is 17.9 Å². The number of benzene rings is 1. The molecule has 0 aromatic heterocycles. The van der Waals surface area contributed by atoms with Crippen LogP contribution in [0.3, 0.4) is 0 Å². The molecule has 1 aromatic rings. The minimum absolute atomic E-state index is 0.0271. The summed E-state index contributed by atoms with van der Waals surface area (Å²) in [6, 6.07) is 9.97. The van der Waals surface area contributed by atoms with Gasteiger partial charge in [0.2, 0.25) is 11.8 Å². The third-order valence-electron chi connectivity index (χ3n) is 3.85. The van der Waals surface area contributed by atoms with Gasteiger partial charge in [0.1, 0.15) is 0 Å². The molecular weight excluding hydrogens is 276 g/mol. The van der Waals surface area contributed by atoms with E-state index >= 15 is 0 Å². The lowest BCUT2D eigenvalue weighted by Crippen LogP contribution is -2.38. The topological polar surface area (TPSA) is 58.2 Å². The van der Waals surface area contributed by atoms with E-state index in [1.807, 2.05) is 30.3 Å². The Balaban J connectivity index is 1.62. The van der Waals surface area contributed by atoms with Gasteiger partial charge in [-0.15, -0.1) is 0 Å². The highest BCUT2D eigenvalue weighted by molar-refractivity contribution is 5.92. The molecule has 1 saturated carbocycles. The van der Waals surface area contributed by atoms with Gasteiger partial charge >= 0.3 is 0 Å². The summed E-state index contributed by atoms with van der Waals surface area (Å²) in [5.74, 6) is -0.145. The lowest BCUT2D eigenvalue weighted by Gasteiger charge is -2.22. The van der Waals surface area contributed by atoms with Crippen LogP contribution in [0.4, 0.5) is 0 Å². The smallest absolute Gasteiger partial charge is 0.244 e. The first-order chi connectivity index (χ1) is 10.7. The number of carbonyl (C=O) groups is 2. The van der Waals surface area contributed by atoms with Crippen LogP contribution in [0.15, 0.2) is 36.4 Å². The van der Waals surface area contributed by atoms with E-state index in [0.717, 1.165) is 18.4 Å². The van der Waals surface area contributed by atoms with Gasteiger partial charge in [-0.2, -0.15) is 0 Å². The van der Waals surface area contributed by atoms with Crippen LogP contribution in [0.5, 0.6) is 0 Å². The van der Waals surface area contributed by atoms with E-state index in [0.29, 0.717) is 19.0 Å². The SMILES string of the molecule is O=C(C=Cc1ccccc1)NCCC(=O)NC1CCCCC1. The largest absolute Gasteiger partial charge is 0.353 e. The van der Waals surface area contributed by atoms with Gasteiger partial charge in [-0.25, -0.2) is 0 Å². The molecule has 0 unspecified atom stereocenters. The Morgan fingerprint density at radius 3 is 2.55 bits per heavy atom. The first-order valence-corrected chi connectivity index (χ1v) is 8.04. The quantitative estimate of drug-likeness (QED) is 0.794. The first-order valence-electron chi connectivity index (χ1n) is 8.04. The van der Waals surface area contributed by atoms with Crippen molar-refractivity contribution in [3.05, 3.63) is 42.0 Å². The fraction of sp³-hybridized carbons (Fsp3) is 0.444. The Hall–Kier alpha value is -2.10. The summed E-state index contributed by atoms with van der Waals surface area (Å²) < 4.78 is 0. The van der Waals surface area contributed by atoms with Crippen molar-refractivity contribution in [1.29, 1.82) is 0 Å². The second kappa shape index (κ2) is 9.03. The maximum atomic E-state index is 11.8. The van der Waals surface area contributed by atoms with Crippen LogP contribution in [-0.2, 0) is 9.59 Å². The molecule has 4 heteroatoms. The van der Waals surface area contributed by atoms with Crippen molar-refractivity contribution in [2.75, 3.05) is 6.54 Å². The highest BCUT2D eigenvalue weighted by atomic mass is 16.2. The molecule has 1 aliphatic carbocycles. The van der Waals surface area contributed by atoms with Crippen molar-refractivity contribution in [1.82, 2.24) is 10.6 Å². The summed E-state index contributed by atoms with van der Waals surface area (Å²) in [5.41, 5.74) is 0.979. The predicted molar refractivity (Wildman–Crippen MR) is 88.1 cm³/mol. The molecule has 1 fully saturated rings. The maximum absolute atomic E-state index is 11.8. The zero-order valence-corrected chi connectivity index (χ0v) is 12.9. The zero-order chi connectivity index (χ0) is 15.6. The van der Waals surface area contributed by atoms with Gasteiger partial charge < -0.3 is 10.6 Å². The number of carbonyl (C=O) groups excluding carboxylic acids is 2. The Kier molecular flexibility index (Phi) is 6.68. The highest BCUT2D eigenvalue weighted by Gasteiger charge is 2.15. The summed E-state index contributed by atoms with van der Waals surface area (Å²) in [7, 11) is 0. The Morgan fingerprint density at radius 1 is 1.09 bits per heavy atom. The molecule has 0 aliphatic heterocycles. The van der Waals surface area contributed by atoms with Crippen LogP contribution in [0.25, 0.3) is 6.08 Å². The third kappa shape index (κ3) is 6.12. The molecule has 1 aliphatic rings. The van der Waals surface area contributed by atoms with Gasteiger partial charge in [0.25, 0.3) is 0 Å². The summed E-state index contributed by atoms with van der Waals surface area (Å²) in [4.78, 5) is 23.4. The number of amides is 2. The Bertz CT molecular complexity index is 505. The summed E-state index contributed by atoms with van der Waals surface area (Å²) in [6.07, 6.45) is 9.43. The standard InChI is InChI=1S/C18H24N2O2/c21-17(12-11-15-7-3-1-4-8-15)19-14-13-18(22)20-16-9-5-2-6-10-16/h1,3-4,7-8,11-12,16H,2,5-6,9-10,13-14H2,(H,19,21)(H,20,22). The fourth-order valence-corrected chi connectivity index (χ4v) is 2.64. The van der Waals surface area contributed by atoms with Crippen molar-refractivity contribution in [3.8, 4) is 0 Å². The Labute approximate surface area is 132 Å². The van der Waals surface area contributed by atoms with Crippen LogP contribution >= 0.6 is 0 Å². The molecule has 2 amide bonds. The summed E-state index contributed by atoms with van der Waals surface area (Å²) in [5, 5.41) is 5.78. The van der Waals surface area contributed by atoms with E-state index in [1.165, 1.54) is 25.3 Å². The first kappa shape index (κ1) is 16.3. The van der Waals surface area contributed by atoms with Crippen LogP contribution in [-0.4, -0.2) is 24.4 Å². The fourth-order valence-electron chi connectivity index (χ4n) is 2.64. The maximum Gasteiger partial charge on any atom is 0.244 e. The van der Waals surface area contributed by atoms with Gasteiger partial charge in [-0.1, -0.05) is 49.6 Å². The van der Waals surface area contributed by atoms with E-state index in [1.54, 1.807) is 6.08 Å². The highest BCUT2D eigenvalue weighted by Crippen LogP contribution is 2.17. The lowest BCUT2D eigenvalue weighted by atomic mass is 9.95. The monoisotopic (exact) mass is 300 g/mol. The molecule has 0 atom stereocenters. The minimum atomic E-state index is -0.172. The van der Waals surface area contributed by atoms with Gasteiger partial charge in [0.05, 0.1) is 0 Å². The predicted octanol–water partition coefficient (Wildman–Crippen LogP) is 2.66. The van der Waals surface area contributed by atoms with Crippen LogP contribution < -0.4 is 10.6 Å². The van der Waals surface area contributed by atoms with Crippen molar-refractivity contribution in [3.63, 3.8) is 0 Å². The summed E-state index contributed by atoms with van der Waals surface area (Å²) in [6.45, 7) is 0.372. The van der Waals surface area contributed by atoms with Crippen LogP contribution in [0.1, 0.15) is 44.1 Å². The molecule has 1 aromatic carbocycles. The average molecular weight is 300 g/mol. The third-order valence-corrected chi connectivity index (χ3v) is 3.85. The van der Waals surface area contributed by atoms with E-state index in [-0.39, 0.29) is 11.8 Å². The van der Waals surface area contributed by atoms with Crippen LogP contribution in [0, 0.1) is 0 Å². The van der Waals surface area contributed by atoms with Gasteiger partial charge in [0.15, 0.2) is 0 Å². The van der Waals surface area contributed by atoms with Gasteiger partial charge in [-0.3, -0.25) is 9.59 Å². The molecule has 0 spiro atoms. The zero-order valence-electron chi connectivity index (χ0n) is 12.9. The second-order valence-electron chi connectivity index (χ2n) is 5.69. The number of nitrogens with one attached hydrogen (secondary N) is 2. The molecule has 0 radical (unpaired) electrons. The van der Waals surface area contributed by atoms with E-state index in [2.05, 4.69) is 10.6 Å². The second-order valence-corrected chi connectivity index (χ2v) is 5.69. The normalized spacial score (nSPS) is 15.6. The molecule has 0 bridgehead atoms. The molecule has 2 N–H and O–H groups in total. The minimum Gasteiger partial charge on any atom is -0.353 e. The number of rotatable bonds is 6. The molecule has 0 saturated heterocycles. The lowest BCUT2D eigenvalue weighted by molar-refractivity contribution is -0.122. The van der Waals surface area contributed by atoms with E-state index < -0.39 is 0 Å². The summed E-state index contributed by atoms with van der Waals surface area (Å²) >= 11 is 0.